The Morgan fingerprint density at radius 2 is 1.85 bits per heavy atom. The highest BCUT2D eigenvalue weighted by Gasteiger charge is 2.16. The minimum absolute atomic E-state index is 0.258. The average Bonchev–Trinajstić information content (AvgIpc) is 2.87. The molecule has 2 aromatic rings. The van der Waals surface area contributed by atoms with Crippen molar-refractivity contribution >= 4 is 17.7 Å². The molecule has 2 heterocycles. The molecule has 3 rings (SSSR count). The second-order valence-electron chi connectivity index (χ2n) is 6.86. The maximum atomic E-state index is 12.4. The van der Waals surface area contributed by atoms with Crippen LogP contribution in [0, 0.1) is 6.92 Å². The van der Waals surface area contributed by atoms with Crippen LogP contribution in [0.3, 0.4) is 0 Å². The molecule has 0 unspecified atom stereocenters. The number of oxazole rings is 1. The highest BCUT2D eigenvalue weighted by atomic mass is 32.2. The molecule has 0 N–H and O–H groups in total. The van der Waals surface area contributed by atoms with E-state index >= 15 is 0 Å². The first-order valence-corrected chi connectivity index (χ1v) is 10.7. The Morgan fingerprint density at radius 3 is 2.50 bits per heavy atom. The molecule has 26 heavy (non-hydrogen) atoms. The van der Waals surface area contributed by atoms with Crippen LogP contribution < -0.4 is 0 Å². The van der Waals surface area contributed by atoms with Gasteiger partial charge in [-0.25, -0.2) is 4.98 Å². The van der Waals surface area contributed by atoms with Gasteiger partial charge in [0.15, 0.2) is 0 Å². The molecule has 1 fully saturated rings. The van der Waals surface area contributed by atoms with E-state index in [-0.39, 0.29) is 5.91 Å². The highest BCUT2D eigenvalue weighted by Crippen LogP contribution is 2.25. The normalized spacial score (nSPS) is 15.1. The summed E-state index contributed by atoms with van der Waals surface area (Å²) in [4.78, 5) is 19.0. The smallest absolute Gasteiger partial charge is 0.232 e. The van der Waals surface area contributed by atoms with Crippen LogP contribution in [-0.4, -0.2) is 34.6 Å². The molecule has 140 valence electrons. The maximum absolute atomic E-state index is 12.4. The molecular weight excluding hydrogens is 344 g/mol. The van der Waals surface area contributed by atoms with E-state index in [1.54, 1.807) is 11.8 Å². The molecule has 1 saturated heterocycles. The van der Waals surface area contributed by atoms with Gasteiger partial charge in [0.25, 0.3) is 0 Å². The lowest BCUT2D eigenvalue weighted by Gasteiger charge is -2.19. The van der Waals surface area contributed by atoms with Crippen molar-refractivity contribution in [3.8, 4) is 11.5 Å². The number of carbonyl (C=O) groups excluding carboxylic acids is 1. The van der Waals surface area contributed by atoms with Crippen LogP contribution in [0.15, 0.2) is 28.7 Å². The van der Waals surface area contributed by atoms with Gasteiger partial charge in [-0.2, -0.15) is 0 Å². The summed E-state index contributed by atoms with van der Waals surface area (Å²) in [5, 5.41) is 0. The summed E-state index contributed by atoms with van der Waals surface area (Å²) in [7, 11) is 0. The van der Waals surface area contributed by atoms with Crippen molar-refractivity contribution in [3.05, 3.63) is 41.3 Å². The van der Waals surface area contributed by atoms with E-state index < -0.39 is 0 Å². The van der Waals surface area contributed by atoms with Gasteiger partial charge >= 0.3 is 0 Å². The Balaban J connectivity index is 1.55. The number of benzene rings is 1. The van der Waals surface area contributed by atoms with Crippen molar-refractivity contribution in [2.24, 2.45) is 0 Å². The van der Waals surface area contributed by atoms with Gasteiger partial charge in [0.2, 0.25) is 11.8 Å². The van der Waals surface area contributed by atoms with Gasteiger partial charge in [0.05, 0.1) is 11.4 Å². The minimum atomic E-state index is 0.258. The third-order valence-electron chi connectivity index (χ3n) is 4.92. The zero-order chi connectivity index (χ0) is 18.4. The molecule has 0 bridgehead atoms. The first-order chi connectivity index (χ1) is 12.7. The molecule has 0 saturated carbocycles. The van der Waals surface area contributed by atoms with E-state index in [2.05, 4.69) is 36.2 Å². The fourth-order valence-corrected chi connectivity index (χ4v) is 4.14. The summed E-state index contributed by atoms with van der Waals surface area (Å²) in [6.45, 7) is 5.93. The Morgan fingerprint density at radius 1 is 1.15 bits per heavy atom. The molecule has 0 atom stereocenters. The Bertz CT molecular complexity index is 716. The van der Waals surface area contributed by atoms with Crippen LogP contribution in [-0.2, 0) is 17.0 Å². The third-order valence-corrected chi connectivity index (χ3v) is 5.85. The quantitative estimate of drug-likeness (QED) is 0.727. The van der Waals surface area contributed by atoms with Gasteiger partial charge in [-0.05, 0) is 43.9 Å². The van der Waals surface area contributed by atoms with Crippen molar-refractivity contribution < 1.29 is 9.21 Å². The van der Waals surface area contributed by atoms with Crippen LogP contribution in [0.25, 0.3) is 11.5 Å². The topological polar surface area (TPSA) is 46.3 Å². The first kappa shape index (κ1) is 19.0. The number of likely N-dealkylation sites (tertiary alicyclic amines) is 1. The summed E-state index contributed by atoms with van der Waals surface area (Å²) >= 11 is 1.63. The molecule has 1 amide bonds. The molecule has 0 spiro atoms. The number of nitrogens with zero attached hydrogens (tertiary/aromatic N) is 2. The number of hydrogen-bond donors (Lipinski definition) is 0. The monoisotopic (exact) mass is 372 g/mol. The van der Waals surface area contributed by atoms with Gasteiger partial charge in [-0.3, -0.25) is 4.79 Å². The number of amides is 1. The third kappa shape index (κ3) is 4.91. The number of rotatable bonds is 6. The lowest BCUT2D eigenvalue weighted by atomic mass is 10.1. The minimum Gasteiger partial charge on any atom is -0.441 e. The molecule has 1 aliphatic heterocycles. The zero-order valence-corrected chi connectivity index (χ0v) is 16.6. The van der Waals surface area contributed by atoms with E-state index in [1.165, 1.54) is 18.4 Å². The number of thioether (sulfide) groups is 1. The van der Waals surface area contributed by atoms with Crippen molar-refractivity contribution in [3.63, 3.8) is 0 Å². The van der Waals surface area contributed by atoms with E-state index in [1.807, 2.05) is 11.8 Å². The second kappa shape index (κ2) is 9.26. The zero-order valence-electron chi connectivity index (χ0n) is 15.8. The van der Waals surface area contributed by atoms with Gasteiger partial charge in [0, 0.05) is 24.4 Å². The number of hydrogen-bond acceptors (Lipinski definition) is 4. The van der Waals surface area contributed by atoms with Crippen LogP contribution in [0.2, 0.25) is 0 Å². The second-order valence-corrected chi connectivity index (χ2v) is 7.85. The summed E-state index contributed by atoms with van der Waals surface area (Å²) in [6, 6.07) is 8.35. The number of aromatic nitrogens is 1. The van der Waals surface area contributed by atoms with E-state index in [4.69, 9.17) is 4.42 Å². The Labute approximate surface area is 160 Å². The summed E-state index contributed by atoms with van der Waals surface area (Å²) < 4.78 is 5.84. The average molecular weight is 373 g/mol. The van der Waals surface area contributed by atoms with Crippen LogP contribution in [0.4, 0.5) is 0 Å². The maximum Gasteiger partial charge on any atom is 0.232 e. The Hall–Kier alpha value is -1.75. The predicted molar refractivity (Wildman–Crippen MR) is 107 cm³/mol. The summed E-state index contributed by atoms with van der Waals surface area (Å²) in [5.41, 5.74) is 3.25. The van der Waals surface area contributed by atoms with Gasteiger partial charge < -0.3 is 9.32 Å². The lowest BCUT2D eigenvalue weighted by molar-refractivity contribution is -0.128. The van der Waals surface area contributed by atoms with Crippen LogP contribution in [0.5, 0.6) is 0 Å². The fraction of sp³-hybridized carbons (Fsp3) is 0.524. The number of carbonyl (C=O) groups is 1. The lowest BCUT2D eigenvalue weighted by Crippen LogP contribution is -2.33. The molecule has 4 nitrogen and oxygen atoms in total. The van der Waals surface area contributed by atoms with Gasteiger partial charge in [-0.15, -0.1) is 11.8 Å². The van der Waals surface area contributed by atoms with Crippen molar-refractivity contribution in [1.29, 1.82) is 0 Å². The molecule has 0 radical (unpaired) electrons. The van der Waals surface area contributed by atoms with Gasteiger partial charge in [0.1, 0.15) is 5.76 Å². The van der Waals surface area contributed by atoms with Crippen molar-refractivity contribution in [2.75, 3.05) is 18.8 Å². The molecule has 1 aromatic carbocycles. The van der Waals surface area contributed by atoms with Crippen LogP contribution in [0.1, 0.15) is 49.6 Å². The van der Waals surface area contributed by atoms with E-state index in [9.17, 15) is 4.79 Å². The number of aryl methyl sites for hydroxylation is 2. The van der Waals surface area contributed by atoms with Crippen molar-refractivity contribution in [2.45, 2.75) is 51.7 Å². The summed E-state index contributed by atoms with van der Waals surface area (Å²) in [5.74, 6) is 3.00. The fourth-order valence-electron chi connectivity index (χ4n) is 3.21. The molecular formula is C21H28N2O2S. The largest absolute Gasteiger partial charge is 0.441 e. The SMILES string of the molecule is CCc1ccc(-c2nc(CSCC(=O)N3CCCCCC3)c(C)o2)cc1. The first-order valence-electron chi connectivity index (χ1n) is 9.58. The van der Waals surface area contributed by atoms with E-state index in [0.29, 0.717) is 17.4 Å². The van der Waals surface area contributed by atoms with Crippen LogP contribution >= 0.6 is 11.8 Å². The standard InChI is InChI=1S/C21H28N2O2S/c1-3-17-8-10-18(11-9-17)21-22-19(16(2)25-21)14-26-15-20(24)23-12-6-4-5-7-13-23/h8-11H,3-7,12-15H2,1-2H3. The molecule has 1 aliphatic rings. The van der Waals surface area contributed by atoms with Crippen molar-refractivity contribution in [1.82, 2.24) is 9.88 Å². The summed E-state index contributed by atoms with van der Waals surface area (Å²) in [6.07, 6.45) is 5.80. The molecule has 0 aliphatic carbocycles. The molecule has 5 heteroatoms. The van der Waals surface area contributed by atoms with Gasteiger partial charge in [-0.1, -0.05) is 31.9 Å². The predicted octanol–water partition coefficient (Wildman–Crippen LogP) is 4.85. The van der Waals surface area contributed by atoms with E-state index in [0.717, 1.165) is 49.4 Å². The molecule has 1 aromatic heterocycles. The Kier molecular flexibility index (Phi) is 6.78. The highest BCUT2D eigenvalue weighted by molar-refractivity contribution is 7.99.